The highest BCUT2D eigenvalue weighted by molar-refractivity contribution is 6.30. The van der Waals surface area contributed by atoms with E-state index in [4.69, 9.17) is 22.1 Å². The van der Waals surface area contributed by atoms with Gasteiger partial charge in [0.05, 0.1) is 0 Å². The predicted octanol–water partition coefficient (Wildman–Crippen LogP) is 4.30. The molecule has 106 valence electrons. The van der Waals surface area contributed by atoms with Gasteiger partial charge in [-0.1, -0.05) is 23.7 Å². The first-order chi connectivity index (χ1) is 9.47. The molecule has 2 nitrogen and oxygen atoms in total. The van der Waals surface area contributed by atoms with Gasteiger partial charge in [0.25, 0.3) is 0 Å². The molecule has 0 aliphatic heterocycles. The van der Waals surface area contributed by atoms with Gasteiger partial charge in [-0.3, -0.25) is 0 Å². The number of nitrogens with two attached hydrogens (primary N) is 1. The van der Waals surface area contributed by atoms with E-state index in [1.807, 2.05) is 6.92 Å². The zero-order valence-corrected chi connectivity index (χ0v) is 11.6. The van der Waals surface area contributed by atoms with Crippen molar-refractivity contribution in [3.05, 3.63) is 58.6 Å². The summed E-state index contributed by atoms with van der Waals surface area (Å²) in [6.07, 6.45) is 0.545. The van der Waals surface area contributed by atoms with E-state index in [1.165, 1.54) is 12.1 Å². The Morgan fingerprint density at radius 3 is 2.65 bits per heavy atom. The summed E-state index contributed by atoms with van der Waals surface area (Å²) in [6, 6.07) is 8.70. The lowest BCUT2D eigenvalue weighted by Gasteiger charge is -2.14. The Labute approximate surface area is 121 Å². The van der Waals surface area contributed by atoms with Crippen LogP contribution in [0.25, 0.3) is 0 Å². The molecule has 2 aromatic carbocycles. The van der Waals surface area contributed by atoms with Crippen molar-refractivity contribution in [2.75, 3.05) is 0 Å². The summed E-state index contributed by atoms with van der Waals surface area (Å²) in [7, 11) is 0. The van der Waals surface area contributed by atoms with E-state index in [2.05, 4.69) is 0 Å². The second-order valence-corrected chi connectivity index (χ2v) is 5.02. The third kappa shape index (κ3) is 3.46. The maximum Gasteiger partial charge on any atom is 0.201 e. The van der Waals surface area contributed by atoms with Crippen LogP contribution in [0.15, 0.2) is 36.4 Å². The van der Waals surface area contributed by atoms with Crippen LogP contribution in [0.4, 0.5) is 8.78 Å². The molecule has 1 atom stereocenters. The molecule has 0 saturated heterocycles. The highest BCUT2D eigenvalue weighted by atomic mass is 35.5. The zero-order chi connectivity index (χ0) is 14.7. The molecule has 2 aromatic rings. The van der Waals surface area contributed by atoms with Crippen LogP contribution in [0, 0.1) is 11.6 Å². The van der Waals surface area contributed by atoms with Crippen molar-refractivity contribution in [2.24, 2.45) is 5.73 Å². The van der Waals surface area contributed by atoms with Gasteiger partial charge in [-0.15, -0.1) is 0 Å². The quantitative estimate of drug-likeness (QED) is 0.913. The Kier molecular flexibility index (Phi) is 4.57. The number of hydrogen-bond acceptors (Lipinski definition) is 2. The molecule has 0 bridgehead atoms. The third-order valence-electron chi connectivity index (χ3n) is 2.71. The van der Waals surface area contributed by atoms with E-state index in [0.29, 0.717) is 17.2 Å². The van der Waals surface area contributed by atoms with Crippen LogP contribution >= 0.6 is 11.6 Å². The van der Waals surface area contributed by atoms with Gasteiger partial charge in [0.15, 0.2) is 11.6 Å². The van der Waals surface area contributed by atoms with Crippen LogP contribution in [0.3, 0.4) is 0 Å². The molecule has 0 fully saturated rings. The lowest BCUT2D eigenvalue weighted by atomic mass is 10.1. The normalized spacial score (nSPS) is 12.2. The van der Waals surface area contributed by atoms with Crippen molar-refractivity contribution in [2.45, 2.75) is 19.4 Å². The maximum atomic E-state index is 13.6. The summed E-state index contributed by atoms with van der Waals surface area (Å²) in [6.45, 7) is 1.85. The van der Waals surface area contributed by atoms with Crippen LogP contribution in [-0.2, 0) is 6.42 Å². The molecule has 0 aliphatic rings. The topological polar surface area (TPSA) is 35.2 Å². The van der Waals surface area contributed by atoms with Gasteiger partial charge in [0.1, 0.15) is 5.75 Å². The van der Waals surface area contributed by atoms with Gasteiger partial charge in [-0.25, -0.2) is 4.39 Å². The predicted molar refractivity (Wildman–Crippen MR) is 75.2 cm³/mol. The average molecular weight is 298 g/mol. The fraction of sp³-hybridized carbons (Fsp3) is 0.200. The third-order valence-corrected chi connectivity index (χ3v) is 2.94. The SMILES string of the molecule is CC(N)Cc1ccc(Cl)cc1Oc1cccc(F)c1F. The molecule has 0 radical (unpaired) electrons. The summed E-state index contributed by atoms with van der Waals surface area (Å²) in [4.78, 5) is 0. The Morgan fingerprint density at radius 1 is 1.20 bits per heavy atom. The molecular formula is C15H14ClF2NO. The monoisotopic (exact) mass is 297 g/mol. The molecule has 0 saturated carbocycles. The number of halogens is 3. The van der Waals surface area contributed by atoms with Crippen molar-refractivity contribution in [1.82, 2.24) is 0 Å². The standard InChI is InChI=1S/C15H14ClF2NO/c1-9(19)7-10-5-6-11(16)8-14(10)20-13-4-2-3-12(17)15(13)18/h2-6,8-9H,7,19H2,1H3. The number of benzene rings is 2. The smallest absolute Gasteiger partial charge is 0.201 e. The molecule has 1 unspecified atom stereocenters. The largest absolute Gasteiger partial charge is 0.454 e. The summed E-state index contributed by atoms with van der Waals surface area (Å²) in [5.41, 5.74) is 6.54. The molecule has 20 heavy (non-hydrogen) atoms. The fourth-order valence-electron chi connectivity index (χ4n) is 1.82. The van der Waals surface area contributed by atoms with E-state index in [1.54, 1.807) is 18.2 Å². The molecule has 5 heteroatoms. The van der Waals surface area contributed by atoms with Crippen LogP contribution in [0.2, 0.25) is 5.02 Å². The Balaban J connectivity index is 2.36. The highest BCUT2D eigenvalue weighted by Gasteiger charge is 2.13. The number of hydrogen-bond donors (Lipinski definition) is 1. The van der Waals surface area contributed by atoms with E-state index in [0.717, 1.165) is 11.6 Å². The van der Waals surface area contributed by atoms with Gasteiger partial charge in [-0.05, 0) is 43.2 Å². The Morgan fingerprint density at radius 2 is 1.95 bits per heavy atom. The van der Waals surface area contributed by atoms with Crippen LogP contribution in [-0.4, -0.2) is 6.04 Å². The number of rotatable bonds is 4. The summed E-state index contributed by atoms with van der Waals surface area (Å²) in [5.74, 6) is -1.80. The van der Waals surface area contributed by atoms with Crippen molar-refractivity contribution in [3.8, 4) is 11.5 Å². The van der Waals surface area contributed by atoms with E-state index in [-0.39, 0.29) is 11.8 Å². The lowest BCUT2D eigenvalue weighted by molar-refractivity contribution is 0.412. The first-order valence-corrected chi connectivity index (χ1v) is 6.51. The fourth-order valence-corrected chi connectivity index (χ4v) is 1.98. The second kappa shape index (κ2) is 6.20. The van der Waals surface area contributed by atoms with Crippen LogP contribution < -0.4 is 10.5 Å². The Hall–Kier alpha value is -1.65. The van der Waals surface area contributed by atoms with Gasteiger partial charge >= 0.3 is 0 Å². The van der Waals surface area contributed by atoms with Crippen molar-refractivity contribution in [3.63, 3.8) is 0 Å². The Bertz CT molecular complexity index is 617. The van der Waals surface area contributed by atoms with Gasteiger partial charge < -0.3 is 10.5 Å². The van der Waals surface area contributed by atoms with E-state index < -0.39 is 11.6 Å². The first kappa shape index (κ1) is 14.8. The molecule has 0 aliphatic carbocycles. The minimum Gasteiger partial charge on any atom is -0.454 e. The highest BCUT2D eigenvalue weighted by Crippen LogP contribution is 2.31. The minimum atomic E-state index is -1.03. The summed E-state index contributed by atoms with van der Waals surface area (Å²) < 4.78 is 32.2. The van der Waals surface area contributed by atoms with E-state index in [9.17, 15) is 8.78 Å². The van der Waals surface area contributed by atoms with Crippen LogP contribution in [0.5, 0.6) is 11.5 Å². The molecule has 2 rings (SSSR count). The van der Waals surface area contributed by atoms with Gasteiger partial charge in [-0.2, -0.15) is 4.39 Å². The summed E-state index contributed by atoms with van der Waals surface area (Å²) in [5, 5.41) is 0.449. The van der Waals surface area contributed by atoms with Gasteiger partial charge in [0.2, 0.25) is 5.82 Å². The minimum absolute atomic E-state index is 0.0871. The average Bonchev–Trinajstić information content (AvgIpc) is 2.38. The van der Waals surface area contributed by atoms with Gasteiger partial charge in [0, 0.05) is 11.1 Å². The molecule has 0 spiro atoms. The van der Waals surface area contributed by atoms with Crippen molar-refractivity contribution in [1.29, 1.82) is 0 Å². The molecule has 2 N–H and O–H groups in total. The summed E-state index contributed by atoms with van der Waals surface area (Å²) >= 11 is 5.91. The number of ether oxygens (including phenoxy) is 1. The molecule has 0 amide bonds. The van der Waals surface area contributed by atoms with Crippen molar-refractivity contribution < 1.29 is 13.5 Å². The van der Waals surface area contributed by atoms with E-state index >= 15 is 0 Å². The second-order valence-electron chi connectivity index (χ2n) is 4.59. The van der Waals surface area contributed by atoms with Crippen LogP contribution in [0.1, 0.15) is 12.5 Å². The molecular weight excluding hydrogens is 284 g/mol. The molecule has 0 aromatic heterocycles. The maximum absolute atomic E-state index is 13.6. The first-order valence-electron chi connectivity index (χ1n) is 6.13. The zero-order valence-electron chi connectivity index (χ0n) is 10.9. The lowest BCUT2D eigenvalue weighted by Crippen LogP contribution is -2.18. The van der Waals surface area contributed by atoms with Crippen molar-refractivity contribution >= 4 is 11.6 Å². The molecule has 0 heterocycles.